The van der Waals surface area contributed by atoms with Crippen molar-refractivity contribution in [2.45, 2.75) is 58.0 Å². The molecule has 0 amide bonds. The third-order valence-electron chi connectivity index (χ3n) is 4.57. The highest BCUT2D eigenvalue weighted by atomic mass is 16.5. The zero-order valence-corrected chi connectivity index (χ0v) is 12.2. The minimum absolute atomic E-state index is 0.779. The molecular weight excluding hydrogens is 224 g/mol. The molecule has 3 heteroatoms. The Morgan fingerprint density at radius 1 is 1.17 bits per heavy atom. The number of fused-ring (bicyclic) bond motifs is 1. The van der Waals surface area contributed by atoms with Crippen molar-refractivity contribution in [1.29, 1.82) is 0 Å². The SMILES string of the molecule is CCOCCCN1CC2CCCCN2CC1CC. The van der Waals surface area contributed by atoms with Crippen molar-refractivity contribution in [3.8, 4) is 0 Å². The van der Waals surface area contributed by atoms with Gasteiger partial charge in [0.15, 0.2) is 0 Å². The molecule has 0 bridgehead atoms. The van der Waals surface area contributed by atoms with Crippen LogP contribution in [0.2, 0.25) is 0 Å². The van der Waals surface area contributed by atoms with Gasteiger partial charge < -0.3 is 4.74 Å². The lowest BCUT2D eigenvalue weighted by Gasteiger charge is -2.48. The molecule has 0 aromatic rings. The van der Waals surface area contributed by atoms with Crippen LogP contribution in [0.5, 0.6) is 0 Å². The average Bonchev–Trinajstić information content (AvgIpc) is 2.42. The zero-order chi connectivity index (χ0) is 12.8. The molecule has 0 aromatic carbocycles. The molecule has 2 saturated heterocycles. The molecule has 2 atom stereocenters. The third-order valence-corrected chi connectivity index (χ3v) is 4.57. The molecule has 0 N–H and O–H groups in total. The normalized spacial score (nSPS) is 30.3. The van der Waals surface area contributed by atoms with E-state index in [1.165, 1.54) is 58.3 Å². The highest BCUT2D eigenvalue weighted by Gasteiger charge is 2.33. The fraction of sp³-hybridized carbons (Fsp3) is 1.00. The van der Waals surface area contributed by atoms with Gasteiger partial charge in [-0.1, -0.05) is 13.3 Å². The summed E-state index contributed by atoms with van der Waals surface area (Å²) in [4.78, 5) is 5.47. The van der Waals surface area contributed by atoms with Crippen LogP contribution in [0.25, 0.3) is 0 Å². The molecule has 0 aromatic heterocycles. The molecule has 0 aliphatic carbocycles. The second-order valence-corrected chi connectivity index (χ2v) is 5.75. The van der Waals surface area contributed by atoms with Gasteiger partial charge in [0.1, 0.15) is 0 Å². The van der Waals surface area contributed by atoms with E-state index in [-0.39, 0.29) is 0 Å². The lowest BCUT2D eigenvalue weighted by molar-refractivity contribution is 0.00315. The van der Waals surface area contributed by atoms with Crippen LogP contribution in [-0.4, -0.2) is 61.3 Å². The van der Waals surface area contributed by atoms with Crippen LogP contribution in [0, 0.1) is 0 Å². The second-order valence-electron chi connectivity index (χ2n) is 5.75. The standard InChI is InChI=1S/C15H30N2O/c1-3-14-12-17-9-6-5-8-15(17)13-16(14)10-7-11-18-4-2/h14-15H,3-13H2,1-2H3. The van der Waals surface area contributed by atoms with Gasteiger partial charge in [-0.3, -0.25) is 9.80 Å². The first kappa shape index (κ1) is 14.3. The Bertz CT molecular complexity index is 235. The first-order valence-corrected chi connectivity index (χ1v) is 7.91. The molecule has 2 rings (SSSR count). The quantitative estimate of drug-likeness (QED) is 0.677. The van der Waals surface area contributed by atoms with E-state index < -0.39 is 0 Å². The summed E-state index contributed by atoms with van der Waals surface area (Å²) in [7, 11) is 0. The van der Waals surface area contributed by atoms with Crippen molar-refractivity contribution in [2.24, 2.45) is 0 Å². The maximum atomic E-state index is 5.46. The van der Waals surface area contributed by atoms with Gasteiger partial charge in [-0.05, 0) is 39.2 Å². The Kier molecular flexibility index (Phi) is 5.93. The van der Waals surface area contributed by atoms with E-state index in [0.29, 0.717) is 0 Å². The van der Waals surface area contributed by atoms with Gasteiger partial charge in [0, 0.05) is 44.9 Å². The number of piperidine rings is 1. The van der Waals surface area contributed by atoms with E-state index in [1.807, 2.05) is 0 Å². The minimum atomic E-state index is 0.779. The summed E-state index contributed by atoms with van der Waals surface area (Å²) in [6.07, 6.45) is 6.75. The van der Waals surface area contributed by atoms with Crippen LogP contribution in [-0.2, 0) is 4.74 Å². The third kappa shape index (κ3) is 3.69. The fourth-order valence-electron chi connectivity index (χ4n) is 3.49. The van der Waals surface area contributed by atoms with E-state index in [1.54, 1.807) is 0 Å². The highest BCUT2D eigenvalue weighted by Crippen LogP contribution is 2.25. The van der Waals surface area contributed by atoms with Gasteiger partial charge in [0.2, 0.25) is 0 Å². The van der Waals surface area contributed by atoms with Gasteiger partial charge in [-0.25, -0.2) is 0 Å². The van der Waals surface area contributed by atoms with Crippen molar-refractivity contribution < 1.29 is 4.74 Å². The van der Waals surface area contributed by atoms with Crippen molar-refractivity contribution in [2.75, 3.05) is 39.4 Å². The maximum absolute atomic E-state index is 5.46. The summed E-state index contributed by atoms with van der Waals surface area (Å²) in [6, 6.07) is 1.62. The van der Waals surface area contributed by atoms with E-state index in [9.17, 15) is 0 Å². The smallest absolute Gasteiger partial charge is 0.0478 e. The molecule has 0 saturated carbocycles. The van der Waals surface area contributed by atoms with Crippen LogP contribution in [0.15, 0.2) is 0 Å². The Balaban J connectivity index is 1.80. The van der Waals surface area contributed by atoms with Crippen LogP contribution in [0.4, 0.5) is 0 Å². The minimum Gasteiger partial charge on any atom is -0.382 e. The van der Waals surface area contributed by atoms with Crippen molar-refractivity contribution in [1.82, 2.24) is 9.80 Å². The molecule has 0 spiro atoms. The average molecular weight is 254 g/mol. The van der Waals surface area contributed by atoms with Crippen molar-refractivity contribution in [3.63, 3.8) is 0 Å². The summed E-state index contributed by atoms with van der Waals surface area (Å²) in [5.41, 5.74) is 0. The summed E-state index contributed by atoms with van der Waals surface area (Å²) in [5, 5.41) is 0. The van der Waals surface area contributed by atoms with Crippen LogP contribution < -0.4 is 0 Å². The van der Waals surface area contributed by atoms with E-state index in [2.05, 4.69) is 23.6 Å². The number of piperazine rings is 1. The number of rotatable bonds is 6. The van der Waals surface area contributed by atoms with E-state index in [0.717, 1.165) is 25.3 Å². The molecule has 3 nitrogen and oxygen atoms in total. The predicted molar refractivity (Wildman–Crippen MR) is 76.0 cm³/mol. The monoisotopic (exact) mass is 254 g/mol. The Morgan fingerprint density at radius 3 is 2.83 bits per heavy atom. The van der Waals surface area contributed by atoms with Crippen molar-refractivity contribution in [3.05, 3.63) is 0 Å². The topological polar surface area (TPSA) is 15.7 Å². The summed E-state index contributed by atoms with van der Waals surface area (Å²) in [5.74, 6) is 0. The molecule has 2 aliphatic heterocycles. The first-order valence-electron chi connectivity index (χ1n) is 7.91. The fourth-order valence-corrected chi connectivity index (χ4v) is 3.49. The molecule has 2 fully saturated rings. The van der Waals surface area contributed by atoms with E-state index >= 15 is 0 Å². The van der Waals surface area contributed by atoms with Gasteiger partial charge in [-0.2, -0.15) is 0 Å². The second kappa shape index (κ2) is 7.46. The van der Waals surface area contributed by atoms with Crippen LogP contribution in [0.3, 0.4) is 0 Å². The Hall–Kier alpha value is -0.120. The Labute approximate surface area is 112 Å². The summed E-state index contributed by atoms with van der Waals surface area (Å²) >= 11 is 0. The number of ether oxygens (including phenoxy) is 1. The number of hydrogen-bond donors (Lipinski definition) is 0. The maximum Gasteiger partial charge on any atom is 0.0478 e. The molecule has 106 valence electrons. The molecular formula is C15H30N2O. The first-order chi connectivity index (χ1) is 8.85. The van der Waals surface area contributed by atoms with Crippen molar-refractivity contribution >= 4 is 0 Å². The van der Waals surface area contributed by atoms with Gasteiger partial charge >= 0.3 is 0 Å². The van der Waals surface area contributed by atoms with Gasteiger partial charge in [-0.15, -0.1) is 0 Å². The largest absolute Gasteiger partial charge is 0.382 e. The number of nitrogens with zero attached hydrogens (tertiary/aromatic N) is 2. The van der Waals surface area contributed by atoms with Crippen LogP contribution in [0.1, 0.15) is 46.0 Å². The summed E-state index contributed by atoms with van der Waals surface area (Å²) in [6.45, 7) is 11.4. The molecule has 2 aliphatic rings. The molecule has 2 heterocycles. The predicted octanol–water partition coefficient (Wildman–Crippen LogP) is 2.36. The molecule has 18 heavy (non-hydrogen) atoms. The van der Waals surface area contributed by atoms with E-state index in [4.69, 9.17) is 4.74 Å². The van der Waals surface area contributed by atoms with Gasteiger partial charge in [0.25, 0.3) is 0 Å². The number of hydrogen-bond acceptors (Lipinski definition) is 3. The highest BCUT2D eigenvalue weighted by molar-refractivity contribution is 4.90. The van der Waals surface area contributed by atoms with Gasteiger partial charge in [0.05, 0.1) is 0 Å². The molecule has 0 radical (unpaired) electrons. The van der Waals surface area contributed by atoms with Crippen LogP contribution >= 0.6 is 0 Å². The lowest BCUT2D eigenvalue weighted by atomic mass is 9.95. The molecule has 2 unspecified atom stereocenters. The Morgan fingerprint density at radius 2 is 2.06 bits per heavy atom. The lowest BCUT2D eigenvalue weighted by Crippen LogP contribution is -2.59. The summed E-state index contributed by atoms with van der Waals surface area (Å²) < 4.78 is 5.46. The zero-order valence-electron chi connectivity index (χ0n) is 12.2.